The topological polar surface area (TPSA) is 71.1 Å². The van der Waals surface area contributed by atoms with E-state index >= 15 is 0 Å². The van der Waals surface area contributed by atoms with Gasteiger partial charge < -0.3 is 18.9 Å². The average molecular weight is 360 g/mol. The van der Waals surface area contributed by atoms with Crippen molar-refractivity contribution < 1.29 is 28.5 Å². The van der Waals surface area contributed by atoms with E-state index in [9.17, 15) is 9.59 Å². The van der Waals surface area contributed by atoms with Gasteiger partial charge in [0.25, 0.3) is 0 Å². The molecule has 0 fully saturated rings. The summed E-state index contributed by atoms with van der Waals surface area (Å²) in [4.78, 5) is 22.9. The van der Waals surface area contributed by atoms with E-state index in [2.05, 4.69) is 6.92 Å². The second-order valence-corrected chi connectivity index (χ2v) is 6.02. The van der Waals surface area contributed by atoms with E-state index in [1.54, 1.807) is 7.11 Å². The van der Waals surface area contributed by atoms with Crippen LogP contribution in [0.4, 0.5) is 0 Å². The van der Waals surface area contributed by atoms with Gasteiger partial charge in [-0.2, -0.15) is 0 Å². The Kier molecular flexibility index (Phi) is 18.3. The summed E-state index contributed by atoms with van der Waals surface area (Å²) in [5.41, 5.74) is 0. The number of hydrogen-bond donors (Lipinski definition) is 0. The number of hydrogen-bond acceptors (Lipinski definition) is 6. The molecule has 0 aromatic heterocycles. The van der Waals surface area contributed by atoms with Gasteiger partial charge in [-0.15, -0.1) is 0 Å². The number of methoxy groups -OCH3 is 1. The molecule has 0 rings (SSSR count). The molecule has 148 valence electrons. The molecule has 0 heterocycles. The Bertz CT molecular complexity index is 319. The number of esters is 2. The van der Waals surface area contributed by atoms with E-state index in [1.165, 1.54) is 0 Å². The van der Waals surface area contributed by atoms with Crippen molar-refractivity contribution in [3.05, 3.63) is 0 Å². The molecule has 0 aromatic carbocycles. The van der Waals surface area contributed by atoms with Crippen LogP contribution in [0.25, 0.3) is 0 Å². The Hall–Kier alpha value is -1.14. The zero-order valence-electron chi connectivity index (χ0n) is 16.1. The lowest BCUT2D eigenvalue weighted by Crippen LogP contribution is -2.10. The van der Waals surface area contributed by atoms with Gasteiger partial charge >= 0.3 is 11.9 Å². The molecule has 0 N–H and O–H groups in total. The lowest BCUT2D eigenvalue weighted by atomic mass is 10.1. The van der Waals surface area contributed by atoms with Crippen molar-refractivity contribution >= 4 is 11.9 Å². The average Bonchev–Trinajstić information content (AvgIpc) is 2.60. The van der Waals surface area contributed by atoms with Gasteiger partial charge in [-0.3, -0.25) is 9.59 Å². The van der Waals surface area contributed by atoms with Crippen LogP contribution in [0, 0.1) is 0 Å². The molecule has 0 amide bonds. The molecule has 6 heteroatoms. The molecule has 25 heavy (non-hydrogen) atoms. The third-order valence-corrected chi connectivity index (χ3v) is 3.70. The first-order chi connectivity index (χ1) is 12.2. The van der Waals surface area contributed by atoms with Gasteiger partial charge in [0.05, 0.1) is 13.2 Å². The molecule has 0 unspecified atom stereocenters. The zero-order chi connectivity index (χ0) is 18.6. The summed E-state index contributed by atoms with van der Waals surface area (Å²) >= 11 is 0. The van der Waals surface area contributed by atoms with Crippen LogP contribution in [0.5, 0.6) is 0 Å². The van der Waals surface area contributed by atoms with E-state index in [0.717, 1.165) is 58.0 Å². The molecule has 6 nitrogen and oxygen atoms in total. The largest absolute Gasteiger partial charge is 0.463 e. The second-order valence-electron chi connectivity index (χ2n) is 6.02. The molecular weight excluding hydrogens is 324 g/mol. The van der Waals surface area contributed by atoms with Gasteiger partial charge in [0.15, 0.2) is 0 Å². The normalized spacial score (nSPS) is 10.6. The number of rotatable bonds is 18. The Balaban J connectivity index is 3.24. The second kappa shape index (κ2) is 19.2. The standard InChI is InChI=1S/C19H36O6/c1-3-4-13-23-15-17-25-19(21)12-10-8-6-5-7-9-11-18(20)24-16-14-22-2/h3-17H2,1-2H3. The van der Waals surface area contributed by atoms with Crippen LogP contribution in [-0.4, -0.2) is 52.1 Å². The minimum Gasteiger partial charge on any atom is -0.463 e. The highest BCUT2D eigenvalue weighted by Gasteiger charge is 2.04. The predicted octanol–water partition coefficient (Wildman–Crippen LogP) is 3.66. The van der Waals surface area contributed by atoms with Crippen molar-refractivity contribution in [1.82, 2.24) is 0 Å². The van der Waals surface area contributed by atoms with Crippen molar-refractivity contribution in [1.29, 1.82) is 0 Å². The molecular formula is C19H36O6. The van der Waals surface area contributed by atoms with E-state index in [0.29, 0.717) is 39.3 Å². The maximum absolute atomic E-state index is 11.5. The maximum Gasteiger partial charge on any atom is 0.305 e. The minimum absolute atomic E-state index is 0.141. The summed E-state index contributed by atoms with van der Waals surface area (Å²) in [5, 5.41) is 0. The first-order valence-corrected chi connectivity index (χ1v) is 9.58. The summed E-state index contributed by atoms with van der Waals surface area (Å²) in [6.45, 7) is 4.46. The fourth-order valence-corrected chi connectivity index (χ4v) is 2.19. The summed E-state index contributed by atoms with van der Waals surface area (Å²) in [6, 6.07) is 0. The summed E-state index contributed by atoms with van der Waals surface area (Å²) in [5.74, 6) is -0.295. The molecule has 0 aliphatic carbocycles. The van der Waals surface area contributed by atoms with E-state index in [4.69, 9.17) is 18.9 Å². The molecule has 0 spiro atoms. The highest BCUT2D eigenvalue weighted by Crippen LogP contribution is 2.09. The minimum atomic E-state index is -0.154. The Labute approximate surface area is 152 Å². The van der Waals surface area contributed by atoms with Gasteiger partial charge in [-0.1, -0.05) is 39.0 Å². The first-order valence-electron chi connectivity index (χ1n) is 9.58. The Morgan fingerprint density at radius 2 is 1.16 bits per heavy atom. The summed E-state index contributed by atoms with van der Waals surface area (Å²) in [7, 11) is 1.58. The quantitative estimate of drug-likeness (QED) is 0.274. The zero-order valence-corrected chi connectivity index (χ0v) is 16.1. The smallest absolute Gasteiger partial charge is 0.305 e. The van der Waals surface area contributed by atoms with Gasteiger partial charge in [0.2, 0.25) is 0 Å². The fraction of sp³-hybridized carbons (Fsp3) is 0.895. The van der Waals surface area contributed by atoms with Gasteiger partial charge in [0, 0.05) is 26.6 Å². The molecule has 0 aliphatic rings. The highest BCUT2D eigenvalue weighted by molar-refractivity contribution is 5.69. The molecule has 0 aromatic rings. The van der Waals surface area contributed by atoms with Crippen LogP contribution >= 0.6 is 0 Å². The lowest BCUT2D eigenvalue weighted by Gasteiger charge is -2.06. The van der Waals surface area contributed by atoms with Crippen LogP contribution in [0.1, 0.15) is 71.1 Å². The molecule has 0 atom stereocenters. The van der Waals surface area contributed by atoms with Gasteiger partial charge in [0.1, 0.15) is 13.2 Å². The lowest BCUT2D eigenvalue weighted by molar-refractivity contribution is -0.146. The predicted molar refractivity (Wildman–Crippen MR) is 96.5 cm³/mol. The van der Waals surface area contributed by atoms with Crippen LogP contribution in [-0.2, 0) is 28.5 Å². The maximum atomic E-state index is 11.5. The number of carbonyl (C=O) groups excluding carboxylic acids is 2. The molecule has 0 radical (unpaired) electrons. The number of carbonyl (C=O) groups is 2. The number of unbranched alkanes of at least 4 members (excludes halogenated alkanes) is 6. The van der Waals surface area contributed by atoms with Gasteiger partial charge in [-0.25, -0.2) is 0 Å². The number of ether oxygens (including phenoxy) is 4. The van der Waals surface area contributed by atoms with Crippen molar-refractivity contribution in [2.24, 2.45) is 0 Å². The molecule has 0 aliphatic heterocycles. The van der Waals surface area contributed by atoms with Crippen molar-refractivity contribution in [3.8, 4) is 0 Å². The summed E-state index contributed by atoms with van der Waals surface area (Å²) in [6.07, 6.45) is 8.98. The Morgan fingerprint density at radius 1 is 0.640 bits per heavy atom. The van der Waals surface area contributed by atoms with E-state index < -0.39 is 0 Å². The SMILES string of the molecule is CCCCOCCOC(=O)CCCCCCCCC(=O)OCCOC. The molecule has 0 bridgehead atoms. The fourth-order valence-electron chi connectivity index (χ4n) is 2.19. The van der Waals surface area contributed by atoms with Gasteiger partial charge in [-0.05, 0) is 19.3 Å². The monoisotopic (exact) mass is 360 g/mol. The van der Waals surface area contributed by atoms with Crippen LogP contribution in [0.3, 0.4) is 0 Å². The van der Waals surface area contributed by atoms with E-state index in [-0.39, 0.29) is 11.9 Å². The van der Waals surface area contributed by atoms with Crippen molar-refractivity contribution in [3.63, 3.8) is 0 Å². The van der Waals surface area contributed by atoms with Crippen LogP contribution in [0.15, 0.2) is 0 Å². The first kappa shape index (κ1) is 23.9. The molecule has 0 saturated carbocycles. The third kappa shape index (κ3) is 19.0. The van der Waals surface area contributed by atoms with Crippen LogP contribution < -0.4 is 0 Å². The van der Waals surface area contributed by atoms with Crippen molar-refractivity contribution in [2.75, 3.05) is 40.1 Å². The molecule has 0 saturated heterocycles. The Morgan fingerprint density at radius 3 is 1.68 bits per heavy atom. The van der Waals surface area contributed by atoms with E-state index in [1.807, 2.05) is 0 Å². The summed E-state index contributed by atoms with van der Waals surface area (Å²) < 4.78 is 20.2. The third-order valence-electron chi connectivity index (χ3n) is 3.70. The highest BCUT2D eigenvalue weighted by atomic mass is 16.6. The van der Waals surface area contributed by atoms with Crippen LogP contribution in [0.2, 0.25) is 0 Å². The van der Waals surface area contributed by atoms with Crippen molar-refractivity contribution in [2.45, 2.75) is 71.1 Å².